The Hall–Kier alpha value is -1.30. The van der Waals surface area contributed by atoms with E-state index >= 15 is 0 Å². The van der Waals surface area contributed by atoms with Gasteiger partial charge in [0.25, 0.3) is 0 Å². The van der Waals surface area contributed by atoms with Crippen LogP contribution in [0.4, 0.5) is 4.79 Å². The SMILES string of the molecule is CC(C)(NC(=O)N1CCC(N2CCCCC2)CC1)C(=O)O. The number of rotatable bonds is 3. The second-order valence-electron chi connectivity index (χ2n) is 6.68. The van der Waals surface area contributed by atoms with Gasteiger partial charge in [-0.15, -0.1) is 0 Å². The Labute approximate surface area is 126 Å². The van der Waals surface area contributed by atoms with Crippen molar-refractivity contribution < 1.29 is 14.7 Å². The highest BCUT2D eigenvalue weighted by Crippen LogP contribution is 2.21. The van der Waals surface area contributed by atoms with Gasteiger partial charge in [0.2, 0.25) is 0 Å². The topological polar surface area (TPSA) is 72.9 Å². The molecule has 2 amide bonds. The monoisotopic (exact) mass is 297 g/mol. The van der Waals surface area contributed by atoms with Crippen LogP contribution in [0.3, 0.4) is 0 Å². The van der Waals surface area contributed by atoms with Crippen LogP contribution in [0.2, 0.25) is 0 Å². The highest BCUT2D eigenvalue weighted by Gasteiger charge is 2.33. The third-order valence-electron chi connectivity index (χ3n) is 4.61. The number of carboxylic acids is 1. The van der Waals surface area contributed by atoms with Gasteiger partial charge < -0.3 is 20.2 Å². The second kappa shape index (κ2) is 6.64. The third kappa shape index (κ3) is 4.09. The van der Waals surface area contributed by atoms with E-state index in [-0.39, 0.29) is 6.03 Å². The minimum absolute atomic E-state index is 0.264. The molecule has 120 valence electrons. The van der Waals surface area contributed by atoms with E-state index in [1.54, 1.807) is 4.90 Å². The molecule has 6 heteroatoms. The fourth-order valence-corrected chi connectivity index (χ4v) is 3.12. The number of hydrogen-bond acceptors (Lipinski definition) is 3. The standard InChI is InChI=1S/C15H27N3O3/c1-15(2,13(19)20)16-14(21)18-10-6-12(7-11-18)17-8-4-3-5-9-17/h12H,3-11H2,1-2H3,(H,16,21)(H,19,20). The number of urea groups is 1. The minimum Gasteiger partial charge on any atom is -0.480 e. The number of piperidine rings is 2. The Kier molecular flexibility index (Phi) is 5.08. The summed E-state index contributed by atoms with van der Waals surface area (Å²) < 4.78 is 0. The molecule has 0 aliphatic carbocycles. The van der Waals surface area contributed by atoms with Crippen LogP contribution in [0.15, 0.2) is 0 Å². The van der Waals surface area contributed by atoms with Gasteiger partial charge in [0, 0.05) is 19.1 Å². The number of likely N-dealkylation sites (tertiary alicyclic amines) is 2. The Morgan fingerprint density at radius 1 is 1.05 bits per heavy atom. The molecule has 0 bridgehead atoms. The van der Waals surface area contributed by atoms with Crippen LogP contribution >= 0.6 is 0 Å². The zero-order chi connectivity index (χ0) is 15.5. The van der Waals surface area contributed by atoms with Crippen molar-refractivity contribution in [3.8, 4) is 0 Å². The predicted molar refractivity (Wildman–Crippen MR) is 80.3 cm³/mol. The van der Waals surface area contributed by atoms with Gasteiger partial charge in [-0.3, -0.25) is 0 Å². The van der Waals surface area contributed by atoms with E-state index in [9.17, 15) is 9.59 Å². The van der Waals surface area contributed by atoms with Crippen LogP contribution < -0.4 is 5.32 Å². The van der Waals surface area contributed by atoms with E-state index in [2.05, 4.69) is 10.2 Å². The molecule has 6 nitrogen and oxygen atoms in total. The molecule has 2 aliphatic rings. The lowest BCUT2D eigenvalue weighted by Crippen LogP contribution is -2.56. The zero-order valence-corrected chi connectivity index (χ0v) is 13.1. The van der Waals surface area contributed by atoms with Crippen LogP contribution in [0.5, 0.6) is 0 Å². The summed E-state index contributed by atoms with van der Waals surface area (Å²) in [7, 11) is 0. The van der Waals surface area contributed by atoms with Crippen molar-refractivity contribution in [1.29, 1.82) is 0 Å². The Bertz CT molecular complexity index is 384. The second-order valence-corrected chi connectivity index (χ2v) is 6.68. The summed E-state index contributed by atoms with van der Waals surface area (Å²) in [6.45, 7) is 6.80. The molecule has 2 fully saturated rings. The molecule has 0 saturated carbocycles. The smallest absolute Gasteiger partial charge is 0.328 e. The molecular formula is C15H27N3O3. The average molecular weight is 297 g/mol. The highest BCUT2D eigenvalue weighted by molar-refractivity contribution is 5.85. The summed E-state index contributed by atoms with van der Waals surface area (Å²) >= 11 is 0. The van der Waals surface area contributed by atoms with Crippen molar-refractivity contribution in [2.75, 3.05) is 26.2 Å². The van der Waals surface area contributed by atoms with Crippen LogP contribution in [0.25, 0.3) is 0 Å². The summed E-state index contributed by atoms with van der Waals surface area (Å²) in [4.78, 5) is 27.5. The molecule has 2 aliphatic heterocycles. The lowest BCUT2D eigenvalue weighted by atomic mass is 10.00. The lowest BCUT2D eigenvalue weighted by molar-refractivity contribution is -0.143. The Morgan fingerprint density at radius 3 is 2.14 bits per heavy atom. The highest BCUT2D eigenvalue weighted by atomic mass is 16.4. The Morgan fingerprint density at radius 2 is 1.62 bits per heavy atom. The third-order valence-corrected chi connectivity index (χ3v) is 4.61. The van der Waals surface area contributed by atoms with Crippen molar-refractivity contribution in [2.45, 2.75) is 57.5 Å². The molecule has 2 heterocycles. The van der Waals surface area contributed by atoms with Crippen LogP contribution in [0.1, 0.15) is 46.0 Å². The van der Waals surface area contributed by atoms with Gasteiger partial charge in [-0.25, -0.2) is 9.59 Å². The zero-order valence-electron chi connectivity index (χ0n) is 13.1. The molecule has 0 aromatic rings. The largest absolute Gasteiger partial charge is 0.480 e. The molecule has 0 spiro atoms. The van der Waals surface area contributed by atoms with Gasteiger partial charge in [-0.1, -0.05) is 6.42 Å². The van der Waals surface area contributed by atoms with Crippen molar-refractivity contribution in [3.05, 3.63) is 0 Å². The van der Waals surface area contributed by atoms with Crippen LogP contribution in [-0.2, 0) is 4.79 Å². The van der Waals surface area contributed by atoms with E-state index in [0.717, 1.165) is 12.8 Å². The van der Waals surface area contributed by atoms with Gasteiger partial charge in [0.05, 0.1) is 0 Å². The number of amides is 2. The molecular weight excluding hydrogens is 270 g/mol. The predicted octanol–water partition coefficient (Wildman–Crippen LogP) is 1.51. The lowest BCUT2D eigenvalue weighted by Gasteiger charge is -2.40. The van der Waals surface area contributed by atoms with E-state index < -0.39 is 11.5 Å². The van der Waals surface area contributed by atoms with Gasteiger partial charge in [-0.05, 0) is 52.6 Å². The minimum atomic E-state index is -1.22. The fraction of sp³-hybridized carbons (Fsp3) is 0.867. The van der Waals surface area contributed by atoms with E-state index in [1.165, 1.54) is 46.2 Å². The number of aliphatic carboxylic acids is 1. The fourth-order valence-electron chi connectivity index (χ4n) is 3.12. The maximum absolute atomic E-state index is 12.1. The van der Waals surface area contributed by atoms with Gasteiger partial charge in [0.1, 0.15) is 5.54 Å². The first kappa shape index (κ1) is 16.1. The molecule has 21 heavy (non-hydrogen) atoms. The number of carboxylic acid groups (broad SMARTS) is 1. The van der Waals surface area contributed by atoms with Crippen molar-refractivity contribution in [3.63, 3.8) is 0 Å². The molecule has 0 atom stereocenters. The average Bonchev–Trinajstić information content (AvgIpc) is 2.48. The summed E-state index contributed by atoms with van der Waals surface area (Å²) in [5.41, 5.74) is -1.22. The first-order valence-electron chi connectivity index (χ1n) is 7.95. The number of carbonyl (C=O) groups excluding carboxylic acids is 1. The normalized spacial score (nSPS) is 22.1. The van der Waals surface area contributed by atoms with Crippen LogP contribution in [-0.4, -0.2) is 64.7 Å². The van der Waals surface area contributed by atoms with Crippen molar-refractivity contribution in [1.82, 2.24) is 15.1 Å². The number of nitrogens with one attached hydrogen (secondary N) is 1. The first-order chi connectivity index (χ1) is 9.90. The maximum Gasteiger partial charge on any atom is 0.328 e. The maximum atomic E-state index is 12.1. The van der Waals surface area contributed by atoms with E-state index in [1.807, 2.05) is 0 Å². The van der Waals surface area contributed by atoms with Crippen molar-refractivity contribution >= 4 is 12.0 Å². The van der Waals surface area contributed by atoms with E-state index in [0.29, 0.717) is 19.1 Å². The Balaban J connectivity index is 1.80. The van der Waals surface area contributed by atoms with Gasteiger partial charge >= 0.3 is 12.0 Å². The summed E-state index contributed by atoms with van der Waals surface area (Å²) in [5, 5.41) is 11.7. The molecule has 2 saturated heterocycles. The van der Waals surface area contributed by atoms with Gasteiger partial charge in [-0.2, -0.15) is 0 Å². The van der Waals surface area contributed by atoms with E-state index in [4.69, 9.17) is 5.11 Å². The number of nitrogens with zero attached hydrogens (tertiary/aromatic N) is 2. The van der Waals surface area contributed by atoms with Crippen LogP contribution in [0, 0.1) is 0 Å². The quantitative estimate of drug-likeness (QED) is 0.828. The molecule has 0 aromatic heterocycles. The molecule has 0 aromatic carbocycles. The summed E-state index contributed by atoms with van der Waals surface area (Å²) in [6, 6.07) is 0.321. The first-order valence-corrected chi connectivity index (χ1v) is 7.95. The molecule has 2 rings (SSSR count). The molecule has 0 unspecified atom stereocenters. The number of hydrogen-bond donors (Lipinski definition) is 2. The molecule has 0 radical (unpaired) electrons. The van der Waals surface area contributed by atoms with Crippen molar-refractivity contribution in [2.24, 2.45) is 0 Å². The summed E-state index contributed by atoms with van der Waals surface area (Å²) in [6.07, 6.45) is 5.88. The summed E-state index contributed by atoms with van der Waals surface area (Å²) in [5.74, 6) is -1.01. The number of carbonyl (C=O) groups is 2. The van der Waals surface area contributed by atoms with Gasteiger partial charge in [0.15, 0.2) is 0 Å². The molecule has 2 N–H and O–H groups in total.